The highest BCUT2D eigenvalue weighted by molar-refractivity contribution is 6.04. The highest BCUT2D eigenvalue weighted by atomic mass is 16.5. The minimum Gasteiger partial charge on any atom is -0.493 e. The number of hydrogen-bond donors (Lipinski definition) is 3. The molecule has 0 bridgehead atoms. The minimum atomic E-state index is -0.820. The van der Waals surface area contributed by atoms with Gasteiger partial charge in [0.2, 0.25) is 0 Å². The SMILES string of the molecule is Nc1ccc(C(=O)Nc2ccc3c(c2)OCC(CC(=O)O)C3)cc1. The molecule has 2 aromatic carbocycles. The van der Waals surface area contributed by atoms with E-state index in [1.807, 2.05) is 6.07 Å². The first kappa shape index (κ1) is 15.9. The van der Waals surface area contributed by atoms with E-state index in [9.17, 15) is 9.59 Å². The molecule has 6 heteroatoms. The normalized spacial score (nSPS) is 15.9. The van der Waals surface area contributed by atoms with Gasteiger partial charge in [0.15, 0.2) is 0 Å². The molecule has 0 spiro atoms. The van der Waals surface area contributed by atoms with Crippen molar-refractivity contribution in [1.82, 2.24) is 0 Å². The summed E-state index contributed by atoms with van der Waals surface area (Å²) in [6, 6.07) is 12.1. The van der Waals surface area contributed by atoms with Gasteiger partial charge in [0, 0.05) is 28.9 Å². The maximum absolute atomic E-state index is 12.2. The zero-order chi connectivity index (χ0) is 17.1. The molecule has 1 unspecified atom stereocenters. The number of hydrogen-bond acceptors (Lipinski definition) is 4. The van der Waals surface area contributed by atoms with Crippen molar-refractivity contribution in [3.8, 4) is 5.75 Å². The molecule has 1 heterocycles. The second-order valence-electron chi connectivity index (χ2n) is 5.88. The van der Waals surface area contributed by atoms with Crippen molar-refractivity contribution in [1.29, 1.82) is 0 Å². The van der Waals surface area contributed by atoms with Gasteiger partial charge in [-0.15, -0.1) is 0 Å². The Hall–Kier alpha value is -3.02. The molecule has 3 rings (SSSR count). The maximum atomic E-state index is 12.2. The molecule has 24 heavy (non-hydrogen) atoms. The van der Waals surface area contributed by atoms with Crippen molar-refractivity contribution in [2.75, 3.05) is 17.7 Å². The summed E-state index contributed by atoms with van der Waals surface area (Å²) in [6.07, 6.45) is 0.753. The van der Waals surface area contributed by atoms with Crippen LogP contribution >= 0.6 is 0 Å². The zero-order valence-corrected chi connectivity index (χ0v) is 13.0. The third kappa shape index (κ3) is 3.65. The molecule has 0 fully saturated rings. The van der Waals surface area contributed by atoms with Gasteiger partial charge < -0.3 is 20.9 Å². The van der Waals surface area contributed by atoms with E-state index in [2.05, 4.69) is 5.32 Å². The van der Waals surface area contributed by atoms with Gasteiger partial charge in [0.1, 0.15) is 5.75 Å². The van der Waals surface area contributed by atoms with Gasteiger partial charge in [-0.25, -0.2) is 0 Å². The third-order valence-corrected chi connectivity index (χ3v) is 3.94. The number of nitrogens with one attached hydrogen (secondary N) is 1. The van der Waals surface area contributed by atoms with Crippen molar-refractivity contribution in [3.63, 3.8) is 0 Å². The Balaban J connectivity index is 1.69. The van der Waals surface area contributed by atoms with Crippen molar-refractivity contribution < 1.29 is 19.4 Å². The number of carboxylic acids is 1. The Morgan fingerprint density at radius 1 is 1.21 bits per heavy atom. The summed E-state index contributed by atoms with van der Waals surface area (Å²) < 4.78 is 5.65. The summed E-state index contributed by atoms with van der Waals surface area (Å²) >= 11 is 0. The summed E-state index contributed by atoms with van der Waals surface area (Å²) in [6.45, 7) is 0.370. The van der Waals surface area contributed by atoms with Gasteiger partial charge in [-0.1, -0.05) is 6.07 Å². The highest BCUT2D eigenvalue weighted by Crippen LogP contribution is 2.31. The summed E-state index contributed by atoms with van der Waals surface area (Å²) in [5.41, 5.74) is 8.32. The first-order valence-electron chi connectivity index (χ1n) is 7.65. The van der Waals surface area contributed by atoms with E-state index in [1.54, 1.807) is 36.4 Å². The number of fused-ring (bicyclic) bond motifs is 1. The molecule has 0 radical (unpaired) electrons. The van der Waals surface area contributed by atoms with Crippen LogP contribution in [0, 0.1) is 5.92 Å². The minimum absolute atomic E-state index is 0.0229. The monoisotopic (exact) mass is 326 g/mol. The molecule has 0 saturated heterocycles. The Morgan fingerprint density at radius 2 is 1.96 bits per heavy atom. The van der Waals surface area contributed by atoms with Gasteiger partial charge in [0.05, 0.1) is 13.0 Å². The largest absolute Gasteiger partial charge is 0.493 e. The van der Waals surface area contributed by atoms with E-state index in [-0.39, 0.29) is 18.2 Å². The number of nitrogen functional groups attached to an aromatic ring is 1. The number of anilines is 2. The van der Waals surface area contributed by atoms with Crippen LogP contribution in [0.15, 0.2) is 42.5 Å². The summed E-state index contributed by atoms with van der Waals surface area (Å²) in [5.74, 6) is -0.383. The number of carbonyl (C=O) groups excluding carboxylic acids is 1. The Kier molecular flexibility index (Phi) is 4.37. The third-order valence-electron chi connectivity index (χ3n) is 3.94. The number of amides is 1. The van der Waals surface area contributed by atoms with E-state index < -0.39 is 5.97 Å². The van der Waals surface area contributed by atoms with Gasteiger partial charge >= 0.3 is 5.97 Å². The van der Waals surface area contributed by atoms with Crippen molar-refractivity contribution in [3.05, 3.63) is 53.6 Å². The lowest BCUT2D eigenvalue weighted by Gasteiger charge is -2.24. The molecule has 6 nitrogen and oxygen atoms in total. The number of carbonyl (C=O) groups is 2. The fourth-order valence-electron chi connectivity index (χ4n) is 2.73. The molecule has 124 valence electrons. The van der Waals surface area contributed by atoms with Crippen LogP contribution in [0.1, 0.15) is 22.3 Å². The van der Waals surface area contributed by atoms with Crippen molar-refractivity contribution >= 4 is 23.3 Å². The molecular weight excluding hydrogens is 308 g/mol. The van der Waals surface area contributed by atoms with Crippen LogP contribution in [0.4, 0.5) is 11.4 Å². The predicted octanol–water partition coefficient (Wildman–Crippen LogP) is 2.55. The maximum Gasteiger partial charge on any atom is 0.303 e. The van der Waals surface area contributed by atoms with E-state index >= 15 is 0 Å². The van der Waals surface area contributed by atoms with E-state index in [0.29, 0.717) is 35.7 Å². The molecular formula is C18H18N2O4. The Labute approximate surface area is 139 Å². The summed E-state index contributed by atoms with van der Waals surface area (Å²) in [4.78, 5) is 23.0. The highest BCUT2D eigenvalue weighted by Gasteiger charge is 2.22. The molecule has 0 aliphatic carbocycles. The molecule has 0 saturated carbocycles. The molecule has 1 aliphatic rings. The van der Waals surface area contributed by atoms with Crippen LogP contribution < -0.4 is 15.8 Å². The number of benzene rings is 2. The number of ether oxygens (including phenoxy) is 1. The second kappa shape index (κ2) is 6.62. The van der Waals surface area contributed by atoms with Crippen LogP contribution in [0.25, 0.3) is 0 Å². The molecule has 1 atom stereocenters. The Bertz CT molecular complexity index is 771. The van der Waals surface area contributed by atoms with Crippen LogP contribution in [-0.2, 0) is 11.2 Å². The van der Waals surface area contributed by atoms with E-state index in [1.165, 1.54) is 0 Å². The zero-order valence-electron chi connectivity index (χ0n) is 13.0. The lowest BCUT2D eigenvalue weighted by atomic mass is 9.94. The van der Waals surface area contributed by atoms with Crippen LogP contribution in [0.3, 0.4) is 0 Å². The quantitative estimate of drug-likeness (QED) is 0.750. The molecule has 0 aromatic heterocycles. The van der Waals surface area contributed by atoms with Crippen molar-refractivity contribution in [2.24, 2.45) is 5.92 Å². The standard InChI is InChI=1S/C18H18N2O4/c19-14-4-1-12(2-5-14)18(23)20-15-6-3-13-7-11(8-17(21)22)10-24-16(13)9-15/h1-6,9,11H,7-8,10,19H2,(H,20,23)(H,21,22). The summed E-state index contributed by atoms with van der Waals surface area (Å²) in [7, 11) is 0. The van der Waals surface area contributed by atoms with Gasteiger partial charge in [-0.3, -0.25) is 9.59 Å². The Morgan fingerprint density at radius 3 is 2.67 bits per heavy atom. The average molecular weight is 326 g/mol. The van der Waals surface area contributed by atoms with E-state index in [4.69, 9.17) is 15.6 Å². The topological polar surface area (TPSA) is 102 Å². The van der Waals surface area contributed by atoms with Crippen LogP contribution in [-0.4, -0.2) is 23.6 Å². The average Bonchev–Trinajstić information content (AvgIpc) is 2.55. The fourth-order valence-corrected chi connectivity index (χ4v) is 2.73. The van der Waals surface area contributed by atoms with Crippen LogP contribution in [0.2, 0.25) is 0 Å². The number of rotatable bonds is 4. The molecule has 1 aliphatic heterocycles. The smallest absolute Gasteiger partial charge is 0.303 e. The lowest BCUT2D eigenvalue weighted by Crippen LogP contribution is -2.23. The first-order chi connectivity index (χ1) is 11.5. The lowest BCUT2D eigenvalue weighted by molar-refractivity contribution is -0.138. The van der Waals surface area contributed by atoms with Gasteiger partial charge in [0.25, 0.3) is 5.91 Å². The van der Waals surface area contributed by atoms with E-state index in [0.717, 1.165) is 5.56 Å². The second-order valence-corrected chi connectivity index (χ2v) is 5.88. The predicted molar refractivity (Wildman–Crippen MR) is 90.2 cm³/mol. The van der Waals surface area contributed by atoms with Crippen LogP contribution in [0.5, 0.6) is 5.75 Å². The number of carboxylic acid groups (broad SMARTS) is 1. The number of nitrogens with two attached hydrogens (primary N) is 1. The van der Waals surface area contributed by atoms with Gasteiger partial charge in [-0.2, -0.15) is 0 Å². The molecule has 1 amide bonds. The molecule has 2 aromatic rings. The van der Waals surface area contributed by atoms with Gasteiger partial charge in [-0.05, 0) is 42.3 Å². The molecule has 4 N–H and O–H groups in total. The number of aliphatic carboxylic acids is 1. The summed E-state index contributed by atoms with van der Waals surface area (Å²) in [5, 5.41) is 11.7. The fraction of sp³-hybridized carbons (Fsp3) is 0.222. The first-order valence-corrected chi connectivity index (χ1v) is 7.65. The van der Waals surface area contributed by atoms with Crippen molar-refractivity contribution in [2.45, 2.75) is 12.8 Å².